The van der Waals surface area contributed by atoms with Gasteiger partial charge in [0, 0.05) is 0 Å². The fraction of sp³-hybridized carbons (Fsp3) is 0.100. The summed E-state index contributed by atoms with van der Waals surface area (Å²) in [6, 6.07) is 83.4. The smallest absolute Gasteiger partial charge is 0.00643 e. The molecule has 0 unspecified atom stereocenters. The number of hydrogen-bond acceptors (Lipinski definition) is 0. The van der Waals surface area contributed by atoms with Gasteiger partial charge in [-0.3, -0.25) is 0 Å². The van der Waals surface area contributed by atoms with E-state index in [2.05, 4.69) is 260 Å². The molecule has 0 aromatic heterocycles. The minimum absolute atomic E-state index is 0.935. The molecule has 0 amide bonds. The van der Waals surface area contributed by atoms with Crippen LogP contribution in [0.15, 0.2) is 218 Å². The van der Waals surface area contributed by atoms with E-state index in [-0.39, 0.29) is 0 Å². The molecule has 9 rings (SSSR count). The minimum atomic E-state index is -1.19. The third-order valence-corrected chi connectivity index (χ3v) is 22.8. The van der Waals surface area contributed by atoms with Crippen LogP contribution in [0.1, 0.15) is 33.4 Å². The van der Waals surface area contributed by atoms with E-state index in [1.807, 2.05) is 0 Å². The Labute approximate surface area is 386 Å². The summed E-state index contributed by atoms with van der Waals surface area (Å²) < 4.78 is 0. The molecular weight excluding hydrogens is 845 g/mol. The van der Waals surface area contributed by atoms with Crippen molar-refractivity contribution >= 4 is 95.3 Å². The predicted octanol–water partition coefficient (Wildman–Crippen LogP) is 10.6. The van der Waals surface area contributed by atoms with Crippen LogP contribution in [0.4, 0.5) is 0 Å². The van der Waals surface area contributed by atoms with Gasteiger partial charge in [0.1, 0.15) is 0 Å². The lowest BCUT2D eigenvalue weighted by Crippen LogP contribution is -2.43. The summed E-state index contributed by atoms with van der Waals surface area (Å²) in [5, 5.41) is 16.9. The van der Waals surface area contributed by atoms with Gasteiger partial charge in [0.05, 0.1) is 0 Å². The molecule has 314 valence electrons. The predicted molar refractivity (Wildman–Crippen MR) is 290 cm³/mol. The Balaban J connectivity index is 1.46. The first-order chi connectivity index (χ1) is 31.3. The van der Waals surface area contributed by atoms with E-state index in [0.29, 0.717) is 0 Å². The summed E-state index contributed by atoms with van der Waals surface area (Å²) in [4.78, 5) is 0. The maximum atomic E-state index is 2.61. The maximum Gasteiger partial charge on any atom is -0.00643 e. The average Bonchev–Trinajstić information content (AvgIpc) is 3.33. The maximum absolute atomic E-state index is 2.61. The van der Waals surface area contributed by atoms with E-state index < -0.39 is 31.7 Å². The van der Waals surface area contributed by atoms with Gasteiger partial charge in [-0.1, -0.05) is 200 Å². The van der Waals surface area contributed by atoms with Crippen molar-refractivity contribution in [1.29, 1.82) is 0 Å². The molecule has 4 heteroatoms. The van der Waals surface area contributed by atoms with Crippen LogP contribution in [-0.2, 0) is 0 Å². The van der Waals surface area contributed by atoms with Gasteiger partial charge in [-0.05, 0) is 188 Å². The monoisotopic (exact) mass is 898 g/mol. The number of hydrogen-bond donors (Lipinski definition) is 0. The van der Waals surface area contributed by atoms with Gasteiger partial charge in [0.15, 0.2) is 0 Å². The standard InChI is InChI=1S/C60H54P4/c1-43-37-55(61(49-25-13-7-14-26-49)50-27-15-8-16-28-50)58(40-46(43)4)64(59-41-47(5)44(2)38-56(59)62(51-29-17-9-18-30-51)52-31-19-10-20-32-52)60-42-48(6)45(3)39-57(60)63(53-33-21-11-22-34-53)54-35-23-12-24-36-54/h7-42H,1-6H3. The van der Waals surface area contributed by atoms with Crippen molar-refractivity contribution in [2.24, 2.45) is 0 Å². The van der Waals surface area contributed by atoms with Gasteiger partial charge in [-0.15, -0.1) is 0 Å². The van der Waals surface area contributed by atoms with Crippen molar-refractivity contribution in [3.8, 4) is 0 Å². The van der Waals surface area contributed by atoms with Crippen LogP contribution in [-0.4, -0.2) is 0 Å². The van der Waals surface area contributed by atoms with Gasteiger partial charge >= 0.3 is 0 Å². The van der Waals surface area contributed by atoms with Crippen molar-refractivity contribution < 1.29 is 0 Å². The van der Waals surface area contributed by atoms with Crippen LogP contribution >= 0.6 is 31.7 Å². The summed E-state index contributed by atoms with van der Waals surface area (Å²) in [7, 11) is -3.99. The van der Waals surface area contributed by atoms with E-state index in [0.717, 1.165) is 0 Å². The van der Waals surface area contributed by atoms with Crippen molar-refractivity contribution in [3.05, 3.63) is 252 Å². The first-order valence-corrected chi connectivity index (χ1v) is 27.5. The highest BCUT2D eigenvalue weighted by Crippen LogP contribution is 2.45. The Kier molecular flexibility index (Phi) is 13.6. The number of rotatable bonds is 12. The SMILES string of the molecule is Cc1cc(P(c2ccccc2)c2ccccc2)c(P(c2cc(C)c(C)cc2P(c2ccccc2)c2ccccc2)c2cc(C)c(C)cc2P(c2ccccc2)c2ccccc2)cc1C. The molecule has 0 radical (unpaired) electrons. The summed E-state index contributed by atoms with van der Waals surface area (Å²) in [6.07, 6.45) is 0. The highest BCUT2D eigenvalue weighted by molar-refractivity contribution is 7.89. The van der Waals surface area contributed by atoms with Crippen LogP contribution in [0.25, 0.3) is 0 Å². The molecule has 64 heavy (non-hydrogen) atoms. The van der Waals surface area contributed by atoms with Gasteiger partial charge < -0.3 is 0 Å². The van der Waals surface area contributed by atoms with E-state index >= 15 is 0 Å². The van der Waals surface area contributed by atoms with Gasteiger partial charge in [-0.25, -0.2) is 0 Å². The number of aryl methyl sites for hydroxylation is 6. The second-order valence-corrected chi connectivity index (χ2v) is 25.3. The molecule has 0 fully saturated rings. The zero-order valence-electron chi connectivity index (χ0n) is 37.6. The molecule has 0 bridgehead atoms. The van der Waals surface area contributed by atoms with E-state index in [4.69, 9.17) is 0 Å². The molecule has 0 spiro atoms. The highest BCUT2D eigenvalue weighted by Gasteiger charge is 2.34. The van der Waals surface area contributed by atoms with E-state index in [9.17, 15) is 0 Å². The lowest BCUT2D eigenvalue weighted by molar-refractivity contribution is 1.36. The molecule has 0 aliphatic heterocycles. The second-order valence-electron chi connectivity index (χ2n) is 16.6. The molecule has 0 aliphatic rings. The molecule has 9 aromatic carbocycles. The van der Waals surface area contributed by atoms with Crippen LogP contribution in [0.2, 0.25) is 0 Å². The first kappa shape index (κ1) is 43.9. The Morgan fingerprint density at radius 1 is 0.188 bits per heavy atom. The molecule has 0 saturated heterocycles. The zero-order chi connectivity index (χ0) is 44.2. The molecule has 9 aromatic rings. The van der Waals surface area contributed by atoms with Crippen molar-refractivity contribution in [2.45, 2.75) is 41.5 Å². The third kappa shape index (κ3) is 9.14. The van der Waals surface area contributed by atoms with Crippen molar-refractivity contribution in [2.75, 3.05) is 0 Å². The van der Waals surface area contributed by atoms with E-state index in [1.54, 1.807) is 0 Å². The molecule has 0 aliphatic carbocycles. The molecule has 0 heterocycles. The van der Waals surface area contributed by atoms with Crippen molar-refractivity contribution in [3.63, 3.8) is 0 Å². The Bertz CT molecular complexity index is 2540. The lowest BCUT2D eigenvalue weighted by atomic mass is 10.1. The summed E-state index contributed by atoms with van der Waals surface area (Å²) in [6.45, 7) is 13.9. The van der Waals surface area contributed by atoms with E-state index in [1.165, 1.54) is 97.0 Å². The highest BCUT2D eigenvalue weighted by atomic mass is 31.1. The summed E-state index contributed by atoms with van der Waals surface area (Å²) in [5.74, 6) is 0. The lowest BCUT2D eigenvalue weighted by Gasteiger charge is -2.34. The average molecular weight is 899 g/mol. The molecule has 0 nitrogen and oxygen atoms in total. The van der Waals surface area contributed by atoms with Gasteiger partial charge in [0.25, 0.3) is 0 Å². The summed E-state index contributed by atoms with van der Waals surface area (Å²) in [5.41, 5.74) is 8.00. The largest absolute Gasteiger partial charge is 0.0622 e. The van der Waals surface area contributed by atoms with Crippen LogP contribution in [0.5, 0.6) is 0 Å². The van der Waals surface area contributed by atoms with Gasteiger partial charge in [-0.2, -0.15) is 0 Å². The minimum Gasteiger partial charge on any atom is -0.0622 e. The van der Waals surface area contributed by atoms with Crippen LogP contribution in [0, 0.1) is 41.5 Å². The van der Waals surface area contributed by atoms with Crippen LogP contribution < -0.4 is 63.7 Å². The molecule has 0 saturated carbocycles. The fourth-order valence-electron chi connectivity index (χ4n) is 8.57. The normalized spacial score (nSPS) is 11.5. The Morgan fingerprint density at radius 2 is 0.328 bits per heavy atom. The quantitative estimate of drug-likeness (QED) is 0.107. The number of benzene rings is 9. The first-order valence-electron chi connectivity index (χ1n) is 22.1. The van der Waals surface area contributed by atoms with Crippen LogP contribution in [0.3, 0.4) is 0 Å². The molecule has 0 N–H and O–H groups in total. The summed E-state index contributed by atoms with van der Waals surface area (Å²) >= 11 is 0. The molecule has 0 atom stereocenters. The fourth-order valence-corrected chi connectivity index (χ4v) is 20.2. The van der Waals surface area contributed by atoms with Crippen molar-refractivity contribution in [1.82, 2.24) is 0 Å². The molecular formula is C60H54P4. The topological polar surface area (TPSA) is 0 Å². The Hall–Kier alpha value is -5.30. The third-order valence-electron chi connectivity index (χ3n) is 12.3. The second kappa shape index (κ2) is 19.8. The zero-order valence-corrected chi connectivity index (χ0v) is 41.2. The Morgan fingerprint density at radius 3 is 0.484 bits per heavy atom. The van der Waals surface area contributed by atoms with Gasteiger partial charge in [0.2, 0.25) is 0 Å².